The van der Waals surface area contributed by atoms with Gasteiger partial charge in [-0.25, -0.2) is 0 Å². The average Bonchev–Trinajstić information content (AvgIpc) is 2.68. The lowest BCUT2D eigenvalue weighted by Crippen LogP contribution is -2.35. The highest BCUT2D eigenvalue weighted by Crippen LogP contribution is 2.36. The average molecular weight is 274 g/mol. The molecule has 1 aliphatic heterocycles. The Morgan fingerprint density at radius 1 is 1.00 bits per heavy atom. The maximum absolute atomic E-state index is 3.50. The zero-order chi connectivity index (χ0) is 10.5. The summed E-state index contributed by atoms with van der Waals surface area (Å²) in [5, 5.41) is 1.18. The van der Waals surface area contributed by atoms with Crippen LogP contribution in [0.25, 0.3) is 0 Å². The Morgan fingerprint density at radius 2 is 1.87 bits per heavy atom. The second-order valence-corrected chi connectivity index (χ2v) is 5.98. The third-order valence-corrected chi connectivity index (χ3v) is 4.76. The molecule has 1 saturated carbocycles. The summed E-state index contributed by atoms with van der Waals surface area (Å²) in [5.41, 5.74) is 0. The molecule has 2 unspecified atom stereocenters. The van der Waals surface area contributed by atoms with Crippen LogP contribution >= 0.6 is 15.9 Å². The minimum Gasteiger partial charge on any atom is -0.300 e. The van der Waals surface area contributed by atoms with Gasteiger partial charge in [0.25, 0.3) is 0 Å². The van der Waals surface area contributed by atoms with Crippen molar-refractivity contribution in [3.05, 3.63) is 0 Å². The standard InChI is InChI=1S/C13H24BrN/c14-9-4-1-5-10-15-11-8-12-6-2-3-7-13(12)15/h12-13H,1-11H2. The van der Waals surface area contributed by atoms with Crippen molar-refractivity contribution in [1.82, 2.24) is 4.90 Å². The molecular formula is C13H24BrN. The maximum Gasteiger partial charge on any atom is 0.0124 e. The van der Waals surface area contributed by atoms with E-state index in [0.717, 1.165) is 12.0 Å². The van der Waals surface area contributed by atoms with Gasteiger partial charge in [0.2, 0.25) is 0 Å². The maximum atomic E-state index is 3.50. The van der Waals surface area contributed by atoms with E-state index in [0.29, 0.717) is 0 Å². The Kier molecular flexibility index (Phi) is 4.96. The third kappa shape index (κ3) is 3.20. The fourth-order valence-electron chi connectivity index (χ4n) is 3.37. The summed E-state index contributed by atoms with van der Waals surface area (Å²) in [6.07, 6.45) is 11.6. The summed E-state index contributed by atoms with van der Waals surface area (Å²) in [7, 11) is 0. The highest BCUT2D eigenvalue weighted by atomic mass is 79.9. The lowest BCUT2D eigenvalue weighted by atomic mass is 9.85. The summed E-state index contributed by atoms with van der Waals surface area (Å²) >= 11 is 3.50. The molecule has 0 aromatic rings. The van der Waals surface area contributed by atoms with E-state index in [4.69, 9.17) is 0 Å². The van der Waals surface area contributed by atoms with Crippen molar-refractivity contribution >= 4 is 15.9 Å². The molecule has 88 valence electrons. The molecule has 0 bridgehead atoms. The first-order chi connectivity index (χ1) is 7.42. The smallest absolute Gasteiger partial charge is 0.0124 e. The normalized spacial score (nSPS) is 31.8. The number of likely N-dealkylation sites (tertiary alicyclic amines) is 1. The molecule has 0 aromatic heterocycles. The molecule has 1 aliphatic carbocycles. The lowest BCUT2D eigenvalue weighted by molar-refractivity contribution is 0.180. The van der Waals surface area contributed by atoms with Gasteiger partial charge in [-0.2, -0.15) is 0 Å². The van der Waals surface area contributed by atoms with Gasteiger partial charge in [0.1, 0.15) is 0 Å². The number of unbranched alkanes of at least 4 members (excludes halogenated alkanes) is 2. The zero-order valence-corrected chi connectivity index (χ0v) is 11.3. The van der Waals surface area contributed by atoms with E-state index >= 15 is 0 Å². The Morgan fingerprint density at radius 3 is 2.73 bits per heavy atom. The van der Waals surface area contributed by atoms with Crippen LogP contribution in [0, 0.1) is 5.92 Å². The molecule has 1 saturated heterocycles. The van der Waals surface area contributed by atoms with Gasteiger partial charge in [0, 0.05) is 11.4 Å². The van der Waals surface area contributed by atoms with Crippen LogP contribution in [0.15, 0.2) is 0 Å². The predicted molar refractivity (Wildman–Crippen MR) is 69.6 cm³/mol. The molecule has 2 atom stereocenters. The van der Waals surface area contributed by atoms with Crippen LogP contribution in [0.2, 0.25) is 0 Å². The number of nitrogens with zero attached hydrogens (tertiary/aromatic N) is 1. The second-order valence-electron chi connectivity index (χ2n) is 5.19. The highest BCUT2D eigenvalue weighted by molar-refractivity contribution is 9.09. The Bertz CT molecular complexity index is 183. The van der Waals surface area contributed by atoms with Crippen molar-refractivity contribution in [3.63, 3.8) is 0 Å². The number of rotatable bonds is 5. The van der Waals surface area contributed by atoms with Gasteiger partial charge in [-0.3, -0.25) is 0 Å². The molecular weight excluding hydrogens is 250 g/mol. The number of alkyl halides is 1. The largest absolute Gasteiger partial charge is 0.300 e. The minimum absolute atomic E-state index is 0.975. The Labute approximate surface area is 103 Å². The quantitative estimate of drug-likeness (QED) is 0.544. The zero-order valence-electron chi connectivity index (χ0n) is 9.76. The molecule has 2 heteroatoms. The molecule has 2 fully saturated rings. The van der Waals surface area contributed by atoms with E-state index < -0.39 is 0 Å². The van der Waals surface area contributed by atoms with Gasteiger partial charge < -0.3 is 4.90 Å². The van der Waals surface area contributed by atoms with Crippen LogP contribution < -0.4 is 0 Å². The molecule has 1 heterocycles. The number of halogens is 1. The molecule has 0 aromatic carbocycles. The van der Waals surface area contributed by atoms with Gasteiger partial charge in [-0.15, -0.1) is 0 Å². The van der Waals surface area contributed by atoms with Crippen LogP contribution in [0.5, 0.6) is 0 Å². The first-order valence-electron chi connectivity index (χ1n) is 6.72. The second kappa shape index (κ2) is 6.24. The predicted octanol–water partition coefficient (Wildman–Crippen LogP) is 3.82. The molecule has 1 nitrogen and oxygen atoms in total. The van der Waals surface area contributed by atoms with Crippen LogP contribution in [0.4, 0.5) is 0 Å². The molecule has 0 radical (unpaired) electrons. The van der Waals surface area contributed by atoms with E-state index in [1.165, 1.54) is 69.8 Å². The molecule has 0 amide bonds. The summed E-state index contributed by atoms with van der Waals surface area (Å²) in [6.45, 7) is 2.76. The van der Waals surface area contributed by atoms with Gasteiger partial charge in [0.15, 0.2) is 0 Å². The van der Waals surface area contributed by atoms with Crippen molar-refractivity contribution in [3.8, 4) is 0 Å². The lowest BCUT2D eigenvalue weighted by Gasteiger charge is -2.31. The summed E-state index contributed by atoms with van der Waals surface area (Å²) in [5.74, 6) is 1.06. The van der Waals surface area contributed by atoms with Crippen molar-refractivity contribution in [2.75, 3.05) is 18.4 Å². The highest BCUT2D eigenvalue weighted by Gasteiger charge is 2.34. The van der Waals surface area contributed by atoms with Crippen LogP contribution in [0.3, 0.4) is 0 Å². The van der Waals surface area contributed by atoms with E-state index in [2.05, 4.69) is 20.8 Å². The number of fused-ring (bicyclic) bond motifs is 1. The Hall–Kier alpha value is 0.440. The Balaban J connectivity index is 1.69. The van der Waals surface area contributed by atoms with E-state index in [-0.39, 0.29) is 0 Å². The fraction of sp³-hybridized carbons (Fsp3) is 1.00. The minimum atomic E-state index is 0.975. The molecule has 0 spiro atoms. The van der Waals surface area contributed by atoms with Crippen molar-refractivity contribution in [2.45, 2.75) is 57.4 Å². The van der Waals surface area contributed by atoms with Crippen molar-refractivity contribution < 1.29 is 0 Å². The van der Waals surface area contributed by atoms with Gasteiger partial charge in [-0.1, -0.05) is 35.2 Å². The van der Waals surface area contributed by atoms with Crippen LogP contribution in [-0.4, -0.2) is 29.4 Å². The first kappa shape index (κ1) is 11.9. The fourth-order valence-corrected chi connectivity index (χ4v) is 3.76. The number of hydrogen-bond acceptors (Lipinski definition) is 1. The SMILES string of the molecule is BrCCCCCN1CCC2CCCCC21. The van der Waals surface area contributed by atoms with Crippen molar-refractivity contribution in [2.24, 2.45) is 5.92 Å². The van der Waals surface area contributed by atoms with Crippen LogP contribution in [-0.2, 0) is 0 Å². The van der Waals surface area contributed by atoms with Gasteiger partial charge in [0.05, 0.1) is 0 Å². The van der Waals surface area contributed by atoms with Gasteiger partial charge in [-0.05, 0) is 51.1 Å². The van der Waals surface area contributed by atoms with E-state index in [1.807, 2.05) is 0 Å². The first-order valence-corrected chi connectivity index (χ1v) is 7.84. The van der Waals surface area contributed by atoms with Crippen molar-refractivity contribution in [1.29, 1.82) is 0 Å². The van der Waals surface area contributed by atoms with E-state index in [1.54, 1.807) is 0 Å². The monoisotopic (exact) mass is 273 g/mol. The summed E-state index contributed by atoms with van der Waals surface area (Å²) in [4.78, 5) is 2.79. The van der Waals surface area contributed by atoms with Crippen LogP contribution in [0.1, 0.15) is 51.4 Å². The summed E-state index contributed by atoms with van der Waals surface area (Å²) in [6, 6.07) is 0.975. The summed E-state index contributed by atoms with van der Waals surface area (Å²) < 4.78 is 0. The topological polar surface area (TPSA) is 3.24 Å². The van der Waals surface area contributed by atoms with Gasteiger partial charge >= 0.3 is 0 Å². The molecule has 15 heavy (non-hydrogen) atoms. The molecule has 2 aliphatic rings. The van der Waals surface area contributed by atoms with E-state index in [9.17, 15) is 0 Å². The third-order valence-electron chi connectivity index (χ3n) is 4.20. The molecule has 2 rings (SSSR count). The molecule has 0 N–H and O–H groups in total. The number of hydrogen-bond donors (Lipinski definition) is 0.